The van der Waals surface area contributed by atoms with Gasteiger partial charge in [0.2, 0.25) is 0 Å². The number of unbranched alkanes of at least 4 members (excludes halogenated alkanes) is 1. The molecular formula is C19H39NO. The van der Waals surface area contributed by atoms with E-state index in [1.165, 1.54) is 57.8 Å². The quantitative estimate of drug-likeness (QED) is 0.568. The van der Waals surface area contributed by atoms with Gasteiger partial charge >= 0.3 is 0 Å². The van der Waals surface area contributed by atoms with Crippen molar-refractivity contribution < 1.29 is 4.74 Å². The van der Waals surface area contributed by atoms with E-state index in [2.05, 4.69) is 33.0 Å². The fraction of sp³-hybridized carbons (Fsp3) is 1.00. The van der Waals surface area contributed by atoms with Crippen LogP contribution in [0.5, 0.6) is 0 Å². The van der Waals surface area contributed by atoms with E-state index in [0.29, 0.717) is 12.1 Å². The van der Waals surface area contributed by atoms with E-state index in [0.717, 1.165) is 25.0 Å². The van der Waals surface area contributed by atoms with E-state index in [-0.39, 0.29) is 0 Å². The summed E-state index contributed by atoms with van der Waals surface area (Å²) in [6.45, 7) is 11.2. The van der Waals surface area contributed by atoms with Gasteiger partial charge in [0, 0.05) is 12.6 Å². The first-order valence-electron chi connectivity index (χ1n) is 9.59. The Bertz CT molecular complexity index is 244. The van der Waals surface area contributed by atoms with Gasteiger partial charge in [0.1, 0.15) is 0 Å². The van der Waals surface area contributed by atoms with E-state index >= 15 is 0 Å². The summed E-state index contributed by atoms with van der Waals surface area (Å²) in [5.41, 5.74) is 0. The van der Waals surface area contributed by atoms with E-state index in [4.69, 9.17) is 4.74 Å². The Morgan fingerprint density at radius 2 is 1.90 bits per heavy atom. The molecule has 21 heavy (non-hydrogen) atoms. The van der Waals surface area contributed by atoms with Crippen molar-refractivity contribution in [1.82, 2.24) is 5.32 Å². The second-order valence-electron chi connectivity index (χ2n) is 6.92. The molecule has 1 fully saturated rings. The molecule has 1 aliphatic carbocycles. The van der Waals surface area contributed by atoms with Crippen LogP contribution >= 0.6 is 0 Å². The third kappa shape index (κ3) is 7.15. The van der Waals surface area contributed by atoms with Crippen molar-refractivity contribution in [2.45, 2.75) is 97.6 Å². The molecule has 1 saturated carbocycles. The highest BCUT2D eigenvalue weighted by atomic mass is 16.5. The molecule has 4 atom stereocenters. The summed E-state index contributed by atoms with van der Waals surface area (Å²) >= 11 is 0. The van der Waals surface area contributed by atoms with Crippen LogP contribution in [0.2, 0.25) is 0 Å². The zero-order valence-electron chi connectivity index (χ0n) is 15.0. The first-order chi connectivity index (χ1) is 10.2. The second-order valence-corrected chi connectivity index (χ2v) is 6.92. The predicted molar refractivity (Wildman–Crippen MR) is 92.8 cm³/mol. The molecule has 2 nitrogen and oxygen atoms in total. The number of nitrogens with one attached hydrogen (secondary N) is 1. The van der Waals surface area contributed by atoms with Crippen LogP contribution in [0.3, 0.4) is 0 Å². The molecule has 0 aromatic heterocycles. The lowest BCUT2D eigenvalue weighted by molar-refractivity contribution is -0.0280. The van der Waals surface area contributed by atoms with Gasteiger partial charge in [-0.3, -0.25) is 0 Å². The molecule has 2 heteroatoms. The van der Waals surface area contributed by atoms with Crippen molar-refractivity contribution in [2.75, 3.05) is 13.2 Å². The van der Waals surface area contributed by atoms with Crippen molar-refractivity contribution in [1.29, 1.82) is 0 Å². The van der Waals surface area contributed by atoms with Crippen LogP contribution in [-0.4, -0.2) is 25.3 Å². The van der Waals surface area contributed by atoms with Crippen LogP contribution in [0.15, 0.2) is 0 Å². The number of rotatable bonds is 11. The number of hydrogen-bond acceptors (Lipinski definition) is 2. The molecule has 4 unspecified atom stereocenters. The maximum absolute atomic E-state index is 6.41. The van der Waals surface area contributed by atoms with E-state index in [9.17, 15) is 0 Å². The summed E-state index contributed by atoms with van der Waals surface area (Å²) in [5, 5.41) is 3.66. The monoisotopic (exact) mass is 297 g/mol. The minimum Gasteiger partial charge on any atom is -0.376 e. The molecule has 0 aromatic rings. The average Bonchev–Trinajstić information content (AvgIpc) is 2.50. The Morgan fingerprint density at radius 3 is 2.52 bits per heavy atom. The summed E-state index contributed by atoms with van der Waals surface area (Å²) in [6, 6.07) is 0.590. The van der Waals surface area contributed by atoms with E-state index < -0.39 is 0 Å². The molecule has 0 saturated heterocycles. The first kappa shape index (κ1) is 19.0. The number of ether oxygens (including phenoxy) is 1. The molecular weight excluding hydrogens is 258 g/mol. The van der Waals surface area contributed by atoms with Crippen LogP contribution in [0, 0.1) is 11.8 Å². The van der Waals surface area contributed by atoms with E-state index in [1.54, 1.807) is 0 Å². The summed E-state index contributed by atoms with van der Waals surface area (Å²) < 4.78 is 6.41. The molecule has 1 aliphatic rings. The summed E-state index contributed by atoms with van der Waals surface area (Å²) in [7, 11) is 0. The molecule has 0 aliphatic heterocycles. The SMILES string of the molecule is CCCCC(CC)COC1CC(CCC)CCC1NCC. The highest BCUT2D eigenvalue weighted by Gasteiger charge is 2.30. The van der Waals surface area contributed by atoms with Crippen LogP contribution in [0.25, 0.3) is 0 Å². The van der Waals surface area contributed by atoms with Gasteiger partial charge in [-0.25, -0.2) is 0 Å². The third-order valence-electron chi connectivity index (χ3n) is 5.15. The van der Waals surface area contributed by atoms with Gasteiger partial charge < -0.3 is 10.1 Å². The second kappa shape index (κ2) is 11.5. The minimum atomic E-state index is 0.450. The molecule has 1 N–H and O–H groups in total. The molecule has 0 amide bonds. The summed E-state index contributed by atoms with van der Waals surface area (Å²) in [6.07, 6.45) is 12.4. The standard InChI is InChI=1S/C19H39NO/c1-5-9-11-16(7-3)15-21-19-14-17(10-6-2)12-13-18(19)20-8-4/h16-20H,5-15H2,1-4H3. The van der Waals surface area contributed by atoms with Crippen molar-refractivity contribution in [2.24, 2.45) is 11.8 Å². The van der Waals surface area contributed by atoms with Gasteiger partial charge in [0.05, 0.1) is 6.10 Å². The van der Waals surface area contributed by atoms with Gasteiger partial charge in [-0.1, -0.05) is 59.8 Å². The minimum absolute atomic E-state index is 0.450. The Labute approximate surface area is 133 Å². The molecule has 0 spiro atoms. The lowest BCUT2D eigenvalue weighted by Crippen LogP contribution is -2.46. The molecule has 1 rings (SSSR count). The molecule has 0 radical (unpaired) electrons. The van der Waals surface area contributed by atoms with Crippen LogP contribution in [0.4, 0.5) is 0 Å². The summed E-state index contributed by atoms with van der Waals surface area (Å²) in [4.78, 5) is 0. The summed E-state index contributed by atoms with van der Waals surface area (Å²) in [5.74, 6) is 1.66. The number of hydrogen-bond donors (Lipinski definition) is 1. The van der Waals surface area contributed by atoms with Crippen molar-refractivity contribution >= 4 is 0 Å². The lowest BCUT2D eigenvalue weighted by atomic mass is 9.81. The van der Waals surface area contributed by atoms with Gasteiger partial charge in [-0.2, -0.15) is 0 Å². The van der Waals surface area contributed by atoms with E-state index in [1.807, 2.05) is 0 Å². The normalized spacial score (nSPS) is 27.7. The van der Waals surface area contributed by atoms with Gasteiger partial charge in [-0.05, 0) is 44.1 Å². The fourth-order valence-corrected chi connectivity index (χ4v) is 3.72. The van der Waals surface area contributed by atoms with Gasteiger partial charge in [0.25, 0.3) is 0 Å². The first-order valence-corrected chi connectivity index (χ1v) is 9.59. The van der Waals surface area contributed by atoms with Crippen molar-refractivity contribution in [3.8, 4) is 0 Å². The Hall–Kier alpha value is -0.0800. The van der Waals surface area contributed by atoms with Crippen molar-refractivity contribution in [3.63, 3.8) is 0 Å². The highest BCUT2D eigenvalue weighted by Crippen LogP contribution is 2.30. The maximum Gasteiger partial charge on any atom is 0.0730 e. The molecule has 0 heterocycles. The maximum atomic E-state index is 6.41. The lowest BCUT2D eigenvalue weighted by Gasteiger charge is -2.37. The highest BCUT2D eigenvalue weighted by molar-refractivity contribution is 4.85. The van der Waals surface area contributed by atoms with Crippen LogP contribution in [0.1, 0.15) is 85.5 Å². The topological polar surface area (TPSA) is 21.3 Å². The Balaban J connectivity index is 2.44. The smallest absolute Gasteiger partial charge is 0.0730 e. The largest absolute Gasteiger partial charge is 0.376 e. The van der Waals surface area contributed by atoms with Gasteiger partial charge in [-0.15, -0.1) is 0 Å². The zero-order chi connectivity index (χ0) is 15.5. The Morgan fingerprint density at radius 1 is 1.10 bits per heavy atom. The molecule has 126 valence electrons. The molecule has 0 bridgehead atoms. The van der Waals surface area contributed by atoms with Crippen molar-refractivity contribution in [3.05, 3.63) is 0 Å². The van der Waals surface area contributed by atoms with Crippen LogP contribution < -0.4 is 5.32 Å². The Kier molecular flexibility index (Phi) is 10.4. The average molecular weight is 298 g/mol. The zero-order valence-corrected chi connectivity index (χ0v) is 15.0. The van der Waals surface area contributed by atoms with Crippen LogP contribution in [-0.2, 0) is 4.74 Å². The van der Waals surface area contributed by atoms with Gasteiger partial charge in [0.15, 0.2) is 0 Å². The fourth-order valence-electron chi connectivity index (χ4n) is 3.72. The third-order valence-corrected chi connectivity index (χ3v) is 5.15. The number of likely N-dealkylation sites (N-methyl/N-ethyl adjacent to an activating group) is 1. The molecule has 0 aromatic carbocycles. The predicted octanol–water partition coefficient (Wildman–Crippen LogP) is 5.17.